The van der Waals surface area contributed by atoms with E-state index < -0.39 is 57.8 Å². The number of carbonyl (C=O) groups excluding carboxylic acids is 2. The first-order valence-electron chi connectivity index (χ1n) is 17.7. The number of nitrogens with zero attached hydrogens (tertiary/aromatic N) is 2. The molecule has 0 aliphatic heterocycles. The molecule has 5 unspecified atom stereocenters. The lowest BCUT2D eigenvalue weighted by atomic mass is 9.82. The second kappa shape index (κ2) is 20.4. The van der Waals surface area contributed by atoms with Crippen LogP contribution in [0.15, 0.2) is 54.7 Å². The Morgan fingerprint density at radius 1 is 1.02 bits per heavy atom. The number of terminal acetylenes is 1. The van der Waals surface area contributed by atoms with Crippen molar-refractivity contribution in [3.8, 4) is 12.3 Å². The SMILES string of the molecule is C#CCCC(NC(=O)C(Cc1ccccc1)CS(=O)(=O)N(C)CCc1ccccn1)C(=O)NC(CC1CCCCC1)C(O)C(O)CC(C)C. The monoisotopic (exact) mass is 696 g/mol. The van der Waals surface area contributed by atoms with Gasteiger partial charge in [0, 0.05) is 38.3 Å². The molecule has 2 amide bonds. The van der Waals surface area contributed by atoms with Gasteiger partial charge in [0.15, 0.2) is 0 Å². The zero-order valence-corrected chi connectivity index (χ0v) is 30.2. The summed E-state index contributed by atoms with van der Waals surface area (Å²) in [5.74, 6) is 0.421. The second-order valence-electron chi connectivity index (χ2n) is 13.9. The van der Waals surface area contributed by atoms with Gasteiger partial charge in [-0.15, -0.1) is 12.3 Å². The molecule has 1 aromatic carbocycles. The van der Waals surface area contributed by atoms with E-state index in [0.29, 0.717) is 25.2 Å². The molecule has 49 heavy (non-hydrogen) atoms. The minimum absolute atomic E-state index is 0.129. The average Bonchev–Trinajstić information content (AvgIpc) is 3.08. The summed E-state index contributed by atoms with van der Waals surface area (Å²) in [5, 5.41) is 27.8. The molecule has 5 atom stereocenters. The van der Waals surface area contributed by atoms with Gasteiger partial charge in [0.25, 0.3) is 0 Å². The van der Waals surface area contributed by atoms with Crippen LogP contribution in [-0.4, -0.2) is 83.4 Å². The molecule has 0 bridgehead atoms. The largest absolute Gasteiger partial charge is 0.390 e. The Bertz CT molecular complexity index is 1430. The van der Waals surface area contributed by atoms with Gasteiger partial charge in [-0.1, -0.05) is 82.3 Å². The molecule has 3 rings (SSSR count). The Morgan fingerprint density at radius 3 is 2.35 bits per heavy atom. The van der Waals surface area contributed by atoms with Crippen LogP contribution in [0.2, 0.25) is 0 Å². The third-order valence-electron chi connectivity index (χ3n) is 9.36. The molecule has 1 saturated carbocycles. The number of carbonyl (C=O) groups is 2. The van der Waals surface area contributed by atoms with Crippen LogP contribution in [0.25, 0.3) is 0 Å². The fraction of sp³-hybridized carbons (Fsp3) is 0.605. The summed E-state index contributed by atoms with van der Waals surface area (Å²) >= 11 is 0. The number of pyridine rings is 1. The van der Waals surface area contributed by atoms with Crippen LogP contribution in [0, 0.1) is 30.1 Å². The van der Waals surface area contributed by atoms with Gasteiger partial charge in [-0.3, -0.25) is 14.6 Å². The first-order valence-corrected chi connectivity index (χ1v) is 19.3. The topological polar surface area (TPSA) is 149 Å². The van der Waals surface area contributed by atoms with Gasteiger partial charge < -0.3 is 20.8 Å². The normalized spacial score (nSPS) is 17.1. The van der Waals surface area contributed by atoms with Crippen molar-refractivity contribution in [2.45, 2.75) is 109 Å². The first kappa shape index (κ1) is 40.1. The van der Waals surface area contributed by atoms with Crippen molar-refractivity contribution in [2.75, 3.05) is 19.3 Å². The minimum Gasteiger partial charge on any atom is -0.390 e. The fourth-order valence-corrected chi connectivity index (χ4v) is 7.89. The maximum Gasteiger partial charge on any atom is 0.242 e. The predicted molar refractivity (Wildman–Crippen MR) is 193 cm³/mol. The number of amides is 2. The van der Waals surface area contributed by atoms with Gasteiger partial charge in [0.05, 0.1) is 23.8 Å². The summed E-state index contributed by atoms with van der Waals surface area (Å²) in [4.78, 5) is 32.1. The van der Waals surface area contributed by atoms with E-state index in [0.717, 1.165) is 43.4 Å². The third-order valence-corrected chi connectivity index (χ3v) is 11.3. The summed E-state index contributed by atoms with van der Waals surface area (Å²) in [5.41, 5.74) is 1.54. The van der Waals surface area contributed by atoms with E-state index in [-0.39, 0.29) is 31.7 Å². The van der Waals surface area contributed by atoms with Gasteiger partial charge in [-0.2, -0.15) is 0 Å². The fourth-order valence-electron chi connectivity index (χ4n) is 6.49. The van der Waals surface area contributed by atoms with Crippen molar-refractivity contribution in [3.63, 3.8) is 0 Å². The zero-order chi connectivity index (χ0) is 35.8. The highest BCUT2D eigenvalue weighted by molar-refractivity contribution is 7.89. The summed E-state index contributed by atoms with van der Waals surface area (Å²) in [6.45, 7) is 4.11. The summed E-state index contributed by atoms with van der Waals surface area (Å²) in [7, 11) is -2.39. The van der Waals surface area contributed by atoms with Crippen molar-refractivity contribution in [1.29, 1.82) is 0 Å². The van der Waals surface area contributed by atoms with Crippen LogP contribution in [0.5, 0.6) is 0 Å². The van der Waals surface area contributed by atoms with Crippen LogP contribution < -0.4 is 10.6 Å². The highest BCUT2D eigenvalue weighted by atomic mass is 32.2. The molecule has 1 aliphatic carbocycles. The van der Waals surface area contributed by atoms with E-state index in [1.165, 1.54) is 11.4 Å². The molecule has 0 saturated heterocycles. The lowest BCUT2D eigenvalue weighted by Crippen LogP contribution is -2.56. The van der Waals surface area contributed by atoms with Crippen LogP contribution in [-0.2, 0) is 32.5 Å². The van der Waals surface area contributed by atoms with Gasteiger partial charge in [0.1, 0.15) is 12.1 Å². The van der Waals surface area contributed by atoms with E-state index in [9.17, 15) is 28.2 Å². The van der Waals surface area contributed by atoms with E-state index in [1.807, 2.05) is 56.3 Å². The maximum absolute atomic E-state index is 13.9. The Kier molecular flexibility index (Phi) is 16.7. The molecule has 4 N–H and O–H groups in total. The van der Waals surface area contributed by atoms with Crippen LogP contribution >= 0.6 is 0 Å². The maximum atomic E-state index is 13.9. The smallest absolute Gasteiger partial charge is 0.242 e. The highest BCUT2D eigenvalue weighted by Crippen LogP contribution is 2.29. The molecule has 0 spiro atoms. The van der Waals surface area contributed by atoms with Crippen molar-refractivity contribution >= 4 is 21.8 Å². The Hall–Kier alpha value is -3.30. The number of aliphatic hydroxyl groups excluding tert-OH is 2. The molecule has 2 aromatic rings. The predicted octanol–water partition coefficient (Wildman–Crippen LogP) is 3.87. The molecule has 1 aliphatic rings. The standard InChI is InChI=1S/C38H56N4O6S/c1-5-6-20-33(38(46)41-34(26-30-17-11-8-12-18-30)36(44)35(43)24-28(2)3)40-37(45)31(25-29-15-9-7-10-16-29)27-49(47,48)42(4)23-21-32-19-13-14-22-39-32/h1,7,9-10,13-16,19,22,28,30-31,33-36,43-44H,6,8,11-12,17-18,20-21,23-27H2,2-4H3,(H,40,45)(H,41,46). The van der Waals surface area contributed by atoms with Crippen LogP contribution in [0.3, 0.4) is 0 Å². The van der Waals surface area contributed by atoms with Gasteiger partial charge in [-0.25, -0.2) is 12.7 Å². The van der Waals surface area contributed by atoms with Crippen molar-refractivity contribution < 1.29 is 28.2 Å². The number of likely N-dealkylation sites (N-methyl/N-ethyl adjacent to an activating group) is 1. The van der Waals surface area contributed by atoms with Gasteiger partial charge in [-0.05, 0) is 55.2 Å². The lowest BCUT2D eigenvalue weighted by molar-refractivity contribution is -0.132. The number of benzene rings is 1. The highest BCUT2D eigenvalue weighted by Gasteiger charge is 2.35. The zero-order valence-electron chi connectivity index (χ0n) is 29.3. The van der Waals surface area contributed by atoms with E-state index >= 15 is 0 Å². The summed E-state index contributed by atoms with van der Waals surface area (Å²) < 4.78 is 28.4. The quantitative estimate of drug-likeness (QED) is 0.154. The number of aliphatic hydroxyl groups is 2. The first-order chi connectivity index (χ1) is 23.4. The second-order valence-corrected chi connectivity index (χ2v) is 16.0. The number of hydrogen-bond acceptors (Lipinski definition) is 7. The van der Waals surface area contributed by atoms with Crippen LogP contribution in [0.4, 0.5) is 0 Å². The molecule has 11 heteroatoms. The Balaban J connectivity index is 1.80. The Labute approximate surface area is 293 Å². The molecular weight excluding hydrogens is 641 g/mol. The van der Waals surface area contributed by atoms with Crippen molar-refractivity contribution in [2.24, 2.45) is 17.8 Å². The van der Waals surface area contributed by atoms with E-state index in [2.05, 4.69) is 21.5 Å². The number of sulfonamides is 1. The van der Waals surface area contributed by atoms with Crippen molar-refractivity contribution in [3.05, 3.63) is 66.0 Å². The van der Waals surface area contributed by atoms with E-state index in [4.69, 9.17) is 6.42 Å². The van der Waals surface area contributed by atoms with Gasteiger partial charge >= 0.3 is 0 Å². The number of nitrogens with one attached hydrogen (secondary N) is 2. The molecule has 1 aromatic heterocycles. The number of aromatic nitrogens is 1. The number of rotatable bonds is 20. The number of hydrogen-bond donors (Lipinski definition) is 4. The molecule has 0 radical (unpaired) electrons. The van der Waals surface area contributed by atoms with Gasteiger partial charge in [0.2, 0.25) is 21.8 Å². The molecular formula is C38H56N4O6S. The van der Waals surface area contributed by atoms with Crippen LogP contribution in [0.1, 0.15) is 82.9 Å². The minimum atomic E-state index is -3.88. The average molecular weight is 697 g/mol. The third kappa shape index (κ3) is 13.9. The summed E-state index contributed by atoms with van der Waals surface area (Å²) in [6, 6.07) is 12.9. The lowest BCUT2D eigenvalue weighted by Gasteiger charge is -2.34. The molecule has 1 heterocycles. The van der Waals surface area contributed by atoms with Crippen molar-refractivity contribution in [1.82, 2.24) is 19.9 Å². The summed E-state index contributed by atoms with van der Waals surface area (Å²) in [6.07, 6.45) is 12.1. The Morgan fingerprint density at radius 2 is 1.71 bits per heavy atom. The molecule has 10 nitrogen and oxygen atoms in total. The van der Waals surface area contributed by atoms with E-state index in [1.54, 1.807) is 12.3 Å². The molecule has 270 valence electrons. The molecule has 1 fully saturated rings.